The predicted molar refractivity (Wildman–Crippen MR) is 125 cm³/mol. The van der Waals surface area contributed by atoms with E-state index in [-0.39, 0.29) is 18.4 Å². The molecule has 0 aliphatic carbocycles. The van der Waals surface area contributed by atoms with Gasteiger partial charge in [0.15, 0.2) is 6.61 Å². The number of halogens is 1. The third-order valence-corrected chi connectivity index (χ3v) is 5.10. The fourth-order valence-electron chi connectivity index (χ4n) is 3.21. The molecule has 2 amide bonds. The molecule has 0 saturated heterocycles. The maximum Gasteiger partial charge on any atom is 0.261 e. The number of carbonyl (C=O) groups excluding carboxylic acids is 2. The van der Waals surface area contributed by atoms with Crippen LogP contribution in [-0.2, 0) is 22.6 Å². The molecule has 0 radical (unpaired) electrons. The average Bonchev–Trinajstić information content (AvgIpc) is 2.72. The molecule has 0 aliphatic rings. The third kappa shape index (κ3) is 7.91. The van der Waals surface area contributed by atoms with Crippen molar-refractivity contribution in [3.05, 3.63) is 64.7 Å². The Bertz CT molecular complexity index is 858. The molecule has 5 nitrogen and oxygen atoms in total. The van der Waals surface area contributed by atoms with Gasteiger partial charge in [-0.1, -0.05) is 49.7 Å². The summed E-state index contributed by atoms with van der Waals surface area (Å²) in [5.41, 5.74) is 1.71. The zero-order chi connectivity index (χ0) is 23.0. The normalized spacial score (nSPS) is 12.2. The van der Waals surface area contributed by atoms with Crippen molar-refractivity contribution in [2.24, 2.45) is 0 Å². The van der Waals surface area contributed by atoms with E-state index in [1.165, 1.54) is 5.56 Å². The van der Waals surface area contributed by atoms with Crippen LogP contribution in [0.25, 0.3) is 0 Å². The summed E-state index contributed by atoms with van der Waals surface area (Å²) in [5.74, 6) is 0.208. The Balaban J connectivity index is 2.20. The monoisotopic (exact) mass is 444 g/mol. The lowest BCUT2D eigenvalue weighted by Crippen LogP contribution is -2.54. The molecule has 0 heterocycles. The number of amides is 2. The predicted octanol–water partition coefficient (Wildman–Crippen LogP) is 5.00. The van der Waals surface area contributed by atoms with E-state index in [1.807, 2.05) is 64.1 Å². The van der Waals surface area contributed by atoms with Gasteiger partial charge in [-0.2, -0.15) is 0 Å². The zero-order valence-electron chi connectivity index (χ0n) is 19.1. The molecule has 0 fully saturated rings. The van der Waals surface area contributed by atoms with Crippen LogP contribution in [0.15, 0.2) is 48.5 Å². The van der Waals surface area contributed by atoms with Crippen molar-refractivity contribution in [3.8, 4) is 5.75 Å². The lowest BCUT2D eigenvalue weighted by Gasteiger charge is -2.33. The molecule has 0 aromatic heterocycles. The van der Waals surface area contributed by atoms with Crippen LogP contribution in [0, 0.1) is 0 Å². The summed E-state index contributed by atoms with van der Waals surface area (Å²) in [7, 11) is 0. The minimum absolute atomic E-state index is 0.141. The Kier molecular flexibility index (Phi) is 8.93. The maximum absolute atomic E-state index is 13.2. The first-order valence-electron chi connectivity index (χ1n) is 10.7. The molecule has 168 valence electrons. The van der Waals surface area contributed by atoms with E-state index >= 15 is 0 Å². The zero-order valence-corrected chi connectivity index (χ0v) is 19.8. The second kappa shape index (κ2) is 11.2. The van der Waals surface area contributed by atoms with Gasteiger partial charge in [0, 0.05) is 17.1 Å². The lowest BCUT2D eigenvalue weighted by atomic mass is 10.1. The first kappa shape index (κ1) is 24.7. The molecular weight excluding hydrogens is 412 g/mol. The Morgan fingerprint density at radius 3 is 2.10 bits per heavy atom. The summed E-state index contributed by atoms with van der Waals surface area (Å²) >= 11 is 6.00. The number of hydrogen-bond acceptors (Lipinski definition) is 3. The number of rotatable bonds is 9. The molecule has 31 heavy (non-hydrogen) atoms. The maximum atomic E-state index is 13.2. The van der Waals surface area contributed by atoms with Crippen molar-refractivity contribution in [3.63, 3.8) is 0 Å². The fraction of sp³-hybridized carbons (Fsp3) is 0.440. The molecule has 2 aromatic carbocycles. The van der Waals surface area contributed by atoms with E-state index in [0.29, 0.717) is 23.7 Å². The Morgan fingerprint density at radius 1 is 1.00 bits per heavy atom. The van der Waals surface area contributed by atoms with E-state index in [2.05, 4.69) is 12.2 Å². The Labute approximate surface area is 190 Å². The van der Waals surface area contributed by atoms with Gasteiger partial charge >= 0.3 is 0 Å². The van der Waals surface area contributed by atoms with Crippen LogP contribution in [0.2, 0.25) is 5.02 Å². The van der Waals surface area contributed by atoms with Crippen LogP contribution < -0.4 is 10.1 Å². The standard InChI is InChI=1S/C25H33ClN2O3/c1-6-18-10-14-21(15-11-18)31-17-23(29)28(16-19-8-12-20(26)13-9-19)22(7-2)24(30)27-25(3,4)5/h8-15,22H,6-7,16-17H2,1-5H3,(H,27,30). The largest absolute Gasteiger partial charge is 0.484 e. The molecule has 1 unspecified atom stereocenters. The Hall–Kier alpha value is -2.53. The fourth-order valence-corrected chi connectivity index (χ4v) is 3.33. The number of aryl methyl sites for hydroxylation is 1. The molecule has 0 saturated carbocycles. The van der Waals surface area contributed by atoms with Gasteiger partial charge in [0.25, 0.3) is 5.91 Å². The van der Waals surface area contributed by atoms with Crippen LogP contribution in [0.4, 0.5) is 0 Å². The Morgan fingerprint density at radius 2 is 1.58 bits per heavy atom. The second-order valence-electron chi connectivity index (χ2n) is 8.60. The van der Waals surface area contributed by atoms with E-state index in [9.17, 15) is 9.59 Å². The molecule has 1 atom stereocenters. The van der Waals surface area contributed by atoms with Crippen LogP contribution >= 0.6 is 11.6 Å². The van der Waals surface area contributed by atoms with E-state index < -0.39 is 11.6 Å². The summed E-state index contributed by atoms with van der Waals surface area (Å²) in [6.07, 6.45) is 1.43. The van der Waals surface area contributed by atoms with Gasteiger partial charge in [0.2, 0.25) is 5.91 Å². The van der Waals surface area contributed by atoms with Gasteiger partial charge in [-0.05, 0) is 69.0 Å². The highest BCUT2D eigenvalue weighted by Crippen LogP contribution is 2.17. The van der Waals surface area contributed by atoms with Crippen LogP contribution in [0.3, 0.4) is 0 Å². The molecule has 1 N–H and O–H groups in total. The number of nitrogens with one attached hydrogen (secondary N) is 1. The summed E-state index contributed by atoms with van der Waals surface area (Å²) in [6, 6.07) is 14.4. The number of nitrogens with zero attached hydrogens (tertiary/aromatic N) is 1. The van der Waals surface area contributed by atoms with Crippen molar-refractivity contribution in [1.29, 1.82) is 0 Å². The van der Waals surface area contributed by atoms with Gasteiger partial charge < -0.3 is 15.0 Å². The quantitative estimate of drug-likeness (QED) is 0.591. The topological polar surface area (TPSA) is 58.6 Å². The second-order valence-corrected chi connectivity index (χ2v) is 9.03. The smallest absolute Gasteiger partial charge is 0.261 e. The molecular formula is C25H33ClN2O3. The van der Waals surface area contributed by atoms with Crippen LogP contribution in [0.1, 0.15) is 52.2 Å². The first-order valence-corrected chi connectivity index (χ1v) is 11.1. The number of benzene rings is 2. The molecule has 0 bridgehead atoms. The van der Waals surface area contributed by atoms with Gasteiger partial charge in [-0.25, -0.2) is 0 Å². The van der Waals surface area contributed by atoms with Gasteiger partial charge in [0.05, 0.1) is 0 Å². The number of ether oxygens (including phenoxy) is 1. The number of hydrogen-bond donors (Lipinski definition) is 1. The molecule has 2 rings (SSSR count). The van der Waals surface area contributed by atoms with E-state index in [0.717, 1.165) is 12.0 Å². The molecule has 0 aliphatic heterocycles. The van der Waals surface area contributed by atoms with E-state index in [4.69, 9.17) is 16.3 Å². The summed E-state index contributed by atoms with van der Waals surface area (Å²) in [4.78, 5) is 27.7. The van der Waals surface area contributed by atoms with Gasteiger partial charge in [0.1, 0.15) is 11.8 Å². The molecule has 0 spiro atoms. The highest BCUT2D eigenvalue weighted by Gasteiger charge is 2.30. The average molecular weight is 445 g/mol. The third-order valence-electron chi connectivity index (χ3n) is 4.84. The van der Waals surface area contributed by atoms with Crippen molar-refractivity contribution < 1.29 is 14.3 Å². The lowest BCUT2D eigenvalue weighted by molar-refractivity contribution is -0.143. The summed E-state index contributed by atoms with van der Waals surface area (Å²) < 4.78 is 5.74. The van der Waals surface area contributed by atoms with Gasteiger partial charge in [-0.15, -0.1) is 0 Å². The van der Waals surface area contributed by atoms with E-state index in [1.54, 1.807) is 17.0 Å². The summed E-state index contributed by atoms with van der Waals surface area (Å²) in [6.45, 7) is 9.91. The number of carbonyl (C=O) groups is 2. The van der Waals surface area contributed by atoms with Crippen molar-refractivity contribution in [2.75, 3.05) is 6.61 Å². The highest BCUT2D eigenvalue weighted by atomic mass is 35.5. The van der Waals surface area contributed by atoms with Crippen LogP contribution in [-0.4, -0.2) is 34.9 Å². The van der Waals surface area contributed by atoms with Crippen molar-refractivity contribution in [2.45, 2.75) is 65.6 Å². The summed E-state index contributed by atoms with van der Waals surface area (Å²) in [5, 5.41) is 3.62. The highest BCUT2D eigenvalue weighted by molar-refractivity contribution is 6.30. The van der Waals surface area contributed by atoms with Crippen molar-refractivity contribution >= 4 is 23.4 Å². The minimum atomic E-state index is -0.603. The molecule has 6 heteroatoms. The minimum Gasteiger partial charge on any atom is -0.484 e. The molecule has 2 aromatic rings. The SMILES string of the molecule is CCc1ccc(OCC(=O)N(Cc2ccc(Cl)cc2)C(CC)C(=O)NC(C)(C)C)cc1. The van der Waals surface area contributed by atoms with Crippen LogP contribution in [0.5, 0.6) is 5.75 Å². The van der Waals surface area contributed by atoms with Crippen molar-refractivity contribution in [1.82, 2.24) is 10.2 Å². The van der Waals surface area contributed by atoms with Gasteiger partial charge in [-0.3, -0.25) is 9.59 Å². The first-order chi connectivity index (χ1) is 14.6.